The zero-order valence-electron chi connectivity index (χ0n) is 15.4. The van der Waals surface area contributed by atoms with Crippen molar-refractivity contribution < 1.29 is 0 Å². The van der Waals surface area contributed by atoms with Crippen molar-refractivity contribution in [3.05, 3.63) is 72.8 Å². The second-order valence-corrected chi connectivity index (χ2v) is 6.93. The van der Waals surface area contributed by atoms with Crippen LogP contribution in [0.15, 0.2) is 72.8 Å². The molecule has 0 amide bonds. The van der Waals surface area contributed by atoms with Crippen LogP contribution in [0.3, 0.4) is 0 Å². The molecular weight excluding hydrogens is 346 g/mol. The molecule has 0 aliphatic rings. The molecule has 0 aliphatic carbocycles. The Morgan fingerprint density at radius 3 is 2.18 bits per heavy atom. The van der Waals surface area contributed by atoms with Gasteiger partial charge in [0, 0.05) is 45.7 Å². The molecule has 136 valence electrons. The monoisotopic (exact) mass is 365 g/mol. The van der Waals surface area contributed by atoms with E-state index in [1.54, 1.807) is 0 Å². The molecule has 28 heavy (non-hydrogen) atoms. The fraction of sp³-hybridized carbons (Fsp3) is 0.0435. The first kappa shape index (κ1) is 16.3. The lowest BCUT2D eigenvalue weighted by Crippen LogP contribution is -1.99. The number of fused-ring (bicyclic) bond motifs is 3. The molecule has 5 nitrogen and oxygen atoms in total. The second-order valence-electron chi connectivity index (χ2n) is 6.93. The van der Waals surface area contributed by atoms with E-state index < -0.39 is 0 Å². The number of nitrogen functional groups attached to an aromatic ring is 2. The molecule has 5 heteroatoms. The lowest BCUT2D eigenvalue weighted by molar-refractivity contribution is 1.01. The van der Waals surface area contributed by atoms with Crippen LogP contribution < -0.4 is 11.5 Å². The van der Waals surface area contributed by atoms with E-state index in [9.17, 15) is 0 Å². The van der Waals surface area contributed by atoms with E-state index in [-0.39, 0.29) is 5.95 Å². The molecule has 5 rings (SSSR count). The molecule has 0 atom stereocenters. The van der Waals surface area contributed by atoms with Crippen LogP contribution in [0.25, 0.3) is 44.3 Å². The summed E-state index contributed by atoms with van der Waals surface area (Å²) in [6.45, 7) is 0. The maximum absolute atomic E-state index is 6.02. The van der Waals surface area contributed by atoms with Crippen LogP contribution >= 0.6 is 0 Å². The van der Waals surface area contributed by atoms with Gasteiger partial charge in [-0.3, -0.25) is 0 Å². The second kappa shape index (κ2) is 6.09. The molecule has 0 saturated heterocycles. The highest BCUT2D eigenvalue weighted by Gasteiger charge is 2.12. The van der Waals surface area contributed by atoms with Gasteiger partial charge >= 0.3 is 0 Å². The van der Waals surface area contributed by atoms with E-state index >= 15 is 0 Å². The summed E-state index contributed by atoms with van der Waals surface area (Å²) in [4.78, 5) is 8.87. The average Bonchev–Trinajstić information content (AvgIpc) is 3.00. The first-order chi connectivity index (χ1) is 13.6. The smallest absolute Gasteiger partial charge is 0.221 e. The van der Waals surface area contributed by atoms with Crippen molar-refractivity contribution in [2.24, 2.45) is 7.05 Å². The van der Waals surface area contributed by atoms with Crippen molar-refractivity contribution in [2.45, 2.75) is 0 Å². The largest absolute Gasteiger partial charge is 0.399 e. The van der Waals surface area contributed by atoms with Gasteiger partial charge in [0.15, 0.2) is 0 Å². The van der Waals surface area contributed by atoms with Crippen molar-refractivity contribution in [1.82, 2.24) is 14.5 Å². The minimum atomic E-state index is 0.243. The summed E-state index contributed by atoms with van der Waals surface area (Å²) in [7, 11) is 2.09. The van der Waals surface area contributed by atoms with Gasteiger partial charge in [-0.2, -0.15) is 0 Å². The minimum Gasteiger partial charge on any atom is -0.399 e. The maximum Gasteiger partial charge on any atom is 0.221 e. The van der Waals surface area contributed by atoms with Crippen molar-refractivity contribution in [2.75, 3.05) is 11.5 Å². The van der Waals surface area contributed by atoms with Gasteiger partial charge in [0.05, 0.1) is 11.4 Å². The summed E-state index contributed by atoms with van der Waals surface area (Å²) in [6.07, 6.45) is 0. The third-order valence-corrected chi connectivity index (χ3v) is 5.14. The molecule has 2 heterocycles. The fourth-order valence-electron chi connectivity index (χ4n) is 3.79. The van der Waals surface area contributed by atoms with Crippen LogP contribution in [0.2, 0.25) is 0 Å². The fourth-order valence-corrected chi connectivity index (χ4v) is 3.79. The standard InChI is InChI=1S/C23H19N5/c1-28-21-8-3-2-7-17(21)18-12-15(9-10-22(18)28)20-13-19(26-23(25)27-20)14-5-4-6-16(24)11-14/h2-13H,24H2,1H3,(H2,25,26,27). The third-order valence-electron chi connectivity index (χ3n) is 5.14. The quantitative estimate of drug-likeness (QED) is 0.447. The normalized spacial score (nSPS) is 11.3. The molecule has 4 N–H and O–H groups in total. The van der Waals surface area contributed by atoms with Crippen molar-refractivity contribution in [1.29, 1.82) is 0 Å². The van der Waals surface area contributed by atoms with Crippen LogP contribution in [-0.2, 0) is 7.05 Å². The number of nitrogens with zero attached hydrogens (tertiary/aromatic N) is 3. The van der Waals surface area contributed by atoms with Gasteiger partial charge in [0.25, 0.3) is 0 Å². The molecule has 5 aromatic rings. The van der Waals surface area contributed by atoms with Crippen LogP contribution in [0, 0.1) is 0 Å². The number of para-hydroxylation sites is 1. The summed E-state index contributed by atoms with van der Waals surface area (Å²) in [5, 5.41) is 2.42. The van der Waals surface area contributed by atoms with E-state index in [0.29, 0.717) is 5.69 Å². The Hall–Kier alpha value is -3.86. The van der Waals surface area contributed by atoms with Crippen LogP contribution in [0.1, 0.15) is 0 Å². The molecule has 0 bridgehead atoms. The number of hydrogen-bond donors (Lipinski definition) is 2. The van der Waals surface area contributed by atoms with Gasteiger partial charge in [-0.25, -0.2) is 9.97 Å². The molecule has 3 aromatic carbocycles. The SMILES string of the molecule is Cn1c2ccccc2c2cc(-c3cc(-c4cccc(N)c4)nc(N)n3)ccc21. The highest BCUT2D eigenvalue weighted by Crippen LogP contribution is 2.32. The Morgan fingerprint density at radius 1 is 0.679 bits per heavy atom. The van der Waals surface area contributed by atoms with Crippen LogP contribution in [0.4, 0.5) is 11.6 Å². The number of nitrogens with two attached hydrogens (primary N) is 2. The number of aryl methyl sites for hydroxylation is 1. The highest BCUT2D eigenvalue weighted by atomic mass is 15.0. The highest BCUT2D eigenvalue weighted by molar-refractivity contribution is 6.09. The Balaban J connectivity index is 1.71. The third kappa shape index (κ3) is 2.56. The first-order valence-corrected chi connectivity index (χ1v) is 9.08. The van der Waals surface area contributed by atoms with E-state index in [1.165, 1.54) is 21.8 Å². The van der Waals surface area contributed by atoms with Gasteiger partial charge in [-0.1, -0.05) is 36.4 Å². The molecule has 0 fully saturated rings. The Morgan fingerprint density at radius 2 is 1.39 bits per heavy atom. The molecule has 2 aromatic heterocycles. The number of benzene rings is 3. The molecule has 0 unspecified atom stereocenters. The topological polar surface area (TPSA) is 82.8 Å². The zero-order chi connectivity index (χ0) is 19.3. The summed E-state index contributed by atoms with van der Waals surface area (Å²) in [5.74, 6) is 0.243. The Bertz CT molecular complexity index is 1350. The van der Waals surface area contributed by atoms with Crippen molar-refractivity contribution >= 4 is 33.4 Å². The molecule has 0 aliphatic heterocycles. The first-order valence-electron chi connectivity index (χ1n) is 9.08. The Kier molecular flexibility index (Phi) is 3.55. The van der Waals surface area contributed by atoms with Gasteiger partial charge in [0.2, 0.25) is 5.95 Å². The van der Waals surface area contributed by atoms with E-state index in [1.807, 2.05) is 30.3 Å². The van der Waals surface area contributed by atoms with Gasteiger partial charge in [-0.15, -0.1) is 0 Å². The maximum atomic E-state index is 6.02. The molecule has 0 spiro atoms. The zero-order valence-corrected chi connectivity index (χ0v) is 15.4. The van der Waals surface area contributed by atoms with Gasteiger partial charge < -0.3 is 16.0 Å². The number of hydrogen-bond acceptors (Lipinski definition) is 4. The van der Waals surface area contributed by atoms with Gasteiger partial charge in [-0.05, 0) is 36.4 Å². The summed E-state index contributed by atoms with van der Waals surface area (Å²) < 4.78 is 2.21. The van der Waals surface area contributed by atoms with Gasteiger partial charge in [0.1, 0.15) is 0 Å². The molecule has 0 radical (unpaired) electrons. The summed E-state index contributed by atoms with van der Waals surface area (Å²) >= 11 is 0. The predicted molar refractivity (Wildman–Crippen MR) is 116 cm³/mol. The number of anilines is 2. The van der Waals surface area contributed by atoms with E-state index in [4.69, 9.17) is 11.5 Å². The van der Waals surface area contributed by atoms with E-state index in [0.717, 1.165) is 22.5 Å². The van der Waals surface area contributed by atoms with Crippen LogP contribution in [-0.4, -0.2) is 14.5 Å². The number of aromatic nitrogens is 3. The van der Waals surface area contributed by atoms with Crippen molar-refractivity contribution in [3.63, 3.8) is 0 Å². The van der Waals surface area contributed by atoms with Crippen LogP contribution in [0.5, 0.6) is 0 Å². The lowest BCUT2D eigenvalue weighted by Gasteiger charge is -2.08. The minimum absolute atomic E-state index is 0.243. The molecule has 0 saturated carbocycles. The van der Waals surface area contributed by atoms with Crippen molar-refractivity contribution in [3.8, 4) is 22.5 Å². The summed E-state index contributed by atoms with van der Waals surface area (Å²) in [5.41, 5.74) is 18.5. The predicted octanol–water partition coefficient (Wildman–Crippen LogP) is 4.62. The molecular formula is C23H19N5. The average molecular weight is 365 g/mol. The number of rotatable bonds is 2. The Labute approximate surface area is 162 Å². The lowest BCUT2D eigenvalue weighted by atomic mass is 10.0. The summed E-state index contributed by atoms with van der Waals surface area (Å²) in [6, 6.07) is 24.3. The van der Waals surface area contributed by atoms with E-state index in [2.05, 4.69) is 64.0 Å².